The number of carbonyl (C=O) groups is 1. The van der Waals surface area contributed by atoms with E-state index in [-0.39, 0.29) is 12.1 Å². The highest BCUT2D eigenvalue weighted by Gasteiger charge is 2.26. The number of amides is 1. The van der Waals surface area contributed by atoms with Crippen molar-refractivity contribution in [3.63, 3.8) is 0 Å². The number of ether oxygens (including phenoxy) is 1. The van der Waals surface area contributed by atoms with Gasteiger partial charge in [0.2, 0.25) is 0 Å². The normalized spacial score (nSPS) is 29.8. The molecule has 0 bridgehead atoms. The van der Waals surface area contributed by atoms with Crippen LogP contribution in [-0.4, -0.2) is 34.8 Å². The van der Waals surface area contributed by atoms with Crippen LogP contribution in [0, 0.1) is 0 Å². The van der Waals surface area contributed by atoms with Crippen molar-refractivity contribution >= 4 is 29.6 Å². The van der Waals surface area contributed by atoms with Crippen molar-refractivity contribution in [1.82, 2.24) is 5.32 Å². The SMILES string of the molecule is O=C1N[C@@H](CC2SCCCS2)CO1. The summed E-state index contributed by atoms with van der Waals surface area (Å²) in [5.41, 5.74) is 0. The number of hydrogen-bond acceptors (Lipinski definition) is 4. The molecule has 0 saturated carbocycles. The highest BCUT2D eigenvalue weighted by Crippen LogP contribution is 2.33. The minimum absolute atomic E-state index is 0.246. The predicted octanol–water partition coefficient (Wildman–Crippen LogP) is 1.68. The summed E-state index contributed by atoms with van der Waals surface area (Å²) in [6, 6.07) is 0.246. The van der Waals surface area contributed by atoms with Crippen molar-refractivity contribution in [2.24, 2.45) is 0 Å². The number of carbonyl (C=O) groups excluding carboxylic acids is 1. The van der Waals surface area contributed by atoms with Crippen LogP contribution in [0.5, 0.6) is 0 Å². The number of alkyl carbamates (subject to hydrolysis) is 1. The van der Waals surface area contributed by atoms with E-state index in [1.807, 2.05) is 23.5 Å². The van der Waals surface area contributed by atoms with Gasteiger partial charge < -0.3 is 10.1 Å². The summed E-state index contributed by atoms with van der Waals surface area (Å²) < 4.78 is 5.49. The molecule has 0 aliphatic carbocycles. The molecule has 2 aliphatic heterocycles. The van der Waals surface area contributed by atoms with Crippen LogP contribution in [-0.2, 0) is 4.74 Å². The highest BCUT2D eigenvalue weighted by atomic mass is 32.2. The molecule has 74 valence electrons. The molecule has 13 heavy (non-hydrogen) atoms. The molecule has 0 radical (unpaired) electrons. The zero-order chi connectivity index (χ0) is 9.10. The van der Waals surface area contributed by atoms with Crippen molar-refractivity contribution in [3.05, 3.63) is 0 Å². The monoisotopic (exact) mass is 219 g/mol. The van der Waals surface area contributed by atoms with Crippen molar-refractivity contribution in [1.29, 1.82) is 0 Å². The second-order valence-corrected chi connectivity index (χ2v) is 6.12. The molecule has 2 heterocycles. The van der Waals surface area contributed by atoms with E-state index in [1.54, 1.807) is 0 Å². The van der Waals surface area contributed by atoms with Gasteiger partial charge in [0, 0.05) is 0 Å². The third-order valence-corrected chi connectivity index (χ3v) is 5.10. The van der Waals surface area contributed by atoms with Crippen LogP contribution in [0.15, 0.2) is 0 Å². The summed E-state index contributed by atoms with van der Waals surface area (Å²) in [7, 11) is 0. The van der Waals surface area contributed by atoms with Crippen LogP contribution < -0.4 is 5.32 Å². The fraction of sp³-hybridized carbons (Fsp3) is 0.875. The van der Waals surface area contributed by atoms with Gasteiger partial charge in [-0.05, 0) is 24.3 Å². The predicted molar refractivity (Wildman–Crippen MR) is 56.2 cm³/mol. The first kappa shape index (κ1) is 9.52. The Bertz CT molecular complexity index is 195. The number of nitrogens with one attached hydrogen (secondary N) is 1. The maximum Gasteiger partial charge on any atom is 0.407 e. The molecule has 0 aromatic heterocycles. The van der Waals surface area contributed by atoms with E-state index in [0.29, 0.717) is 11.2 Å². The summed E-state index contributed by atoms with van der Waals surface area (Å²) in [6.07, 6.45) is 2.11. The first-order valence-corrected chi connectivity index (χ1v) is 6.61. The molecular weight excluding hydrogens is 206 g/mol. The second kappa shape index (κ2) is 4.46. The average molecular weight is 219 g/mol. The zero-order valence-electron chi connectivity index (χ0n) is 7.32. The van der Waals surface area contributed by atoms with Gasteiger partial charge in [-0.1, -0.05) is 0 Å². The Morgan fingerprint density at radius 2 is 2.23 bits per heavy atom. The first-order chi connectivity index (χ1) is 6.34. The molecule has 3 nitrogen and oxygen atoms in total. The summed E-state index contributed by atoms with van der Waals surface area (Å²) in [5, 5.41) is 2.81. The van der Waals surface area contributed by atoms with Crippen molar-refractivity contribution < 1.29 is 9.53 Å². The molecule has 1 atom stereocenters. The number of cyclic esters (lactones) is 1. The lowest BCUT2D eigenvalue weighted by Crippen LogP contribution is -2.29. The molecule has 1 N–H and O–H groups in total. The summed E-state index contributed by atoms with van der Waals surface area (Å²) in [6.45, 7) is 0.552. The van der Waals surface area contributed by atoms with Crippen molar-refractivity contribution in [2.45, 2.75) is 23.5 Å². The van der Waals surface area contributed by atoms with Gasteiger partial charge in [0.1, 0.15) is 6.61 Å². The molecular formula is C8H13NO2S2. The molecule has 1 amide bonds. The van der Waals surface area contributed by atoms with Gasteiger partial charge in [-0.3, -0.25) is 0 Å². The van der Waals surface area contributed by atoms with E-state index in [1.165, 1.54) is 17.9 Å². The number of rotatable bonds is 2. The average Bonchev–Trinajstić information content (AvgIpc) is 2.53. The molecule has 0 spiro atoms. The molecule has 0 unspecified atom stereocenters. The molecule has 2 aliphatic rings. The molecule has 2 fully saturated rings. The van der Waals surface area contributed by atoms with Crippen LogP contribution in [0.4, 0.5) is 4.79 Å². The standard InChI is InChI=1S/C8H13NO2S2/c10-8-9-6(5-11-8)4-7-12-2-1-3-13-7/h6-7H,1-5H2,(H,9,10)/t6-/m0/s1. The van der Waals surface area contributed by atoms with Gasteiger partial charge >= 0.3 is 6.09 Å². The van der Waals surface area contributed by atoms with Gasteiger partial charge in [-0.2, -0.15) is 0 Å². The second-order valence-electron chi connectivity index (χ2n) is 3.20. The number of thioether (sulfide) groups is 2. The Balaban J connectivity index is 1.73. The largest absolute Gasteiger partial charge is 0.447 e. The summed E-state index contributed by atoms with van der Waals surface area (Å²) in [4.78, 5) is 10.7. The Labute approximate surface area is 86.4 Å². The van der Waals surface area contributed by atoms with Crippen LogP contribution in [0.2, 0.25) is 0 Å². The third kappa shape index (κ3) is 2.71. The summed E-state index contributed by atoms with van der Waals surface area (Å²) in [5.74, 6) is 2.53. The fourth-order valence-electron chi connectivity index (χ4n) is 1.46. The number of hydrogen-bond donors (Lipinski definition) is 1. The third-order valence-electron chi connectivity index (χ3n) is 2.11. The van der Waals surface area contributed by atoms with E-state index < -0.39 is 0 Å². The lowest BCUT2D eigenvalue weighted by Gasteiger charge is -2.22. The van der Waals surface area contributed by atoms with Gasteiger partial charge in [0.25, 0.3) is 0 Å². The smallest absolute Gasteiger partial charge is 0.407 e. The Hall–Kier alpha value is -0.0300. The van der Waals surface area contributed by atoms with E-state index in [2.05, 4.69) is 5.32 Å². The van der Waals surface area contributed by atoms with Gasteiger partial charge in [-0.25, -0.2) is 4.79 Å². The lowest BCUT2D eigenvalue weighted by atomic mass is 10.2. The van der Waals surface area contributed by atoms with Gasteiger partial charge in [0.15, 0.2) is 0 Å². The zero-order valence-corrected chi connectivity index (χ0v) is 8.96. The van der Waals surface area contributed by atoms with E-state index in [0.717, 1.165) is 6.42 Å². The van der Waals surface area contributed by atoms with E-state index in [4.69, 9.17) is 4.74 Å². The topological polar surface area (TPSA) is 38.3 Å². The van der Waals surface area contributed by atoms with Crippen molar-refractivity contribution in [2.75, 3.05) is 18.1 Å². The quantitative estimate of drug-likeness (QED) is 0.767. The van der Waals surface area contributed by atoms with Crippen LogP contribution >= 0.6 is 23.5 Å². The minimum Gasteiger partial charge on any atom is -0.447 e. The Morgan fingerprint density at radius 3 is 2.85 bits per heavy atom. The Morgan fingerprint density at radius 1 is 1.46 bits per heavy atom. The van der Waals surface area contributed by atoms with E-state index in [9.17, 15) is 4.79 Å². The maximum atomic E-state index is 10.7. The maximum absolute atomic E-state index is 10.7. The molecule has 5 heteroatoms. The molecule has 2 saturated heterocycles. The molecule has 2 rings (SSSR count). The highest BCUT2D eigenvalue weighted by molar-refractivity contribution is 8.17. The minimum atomic E-state index is -0.254. The van der Waals surface area contributed by atoms with Crippen LogP contribution in [0.3, 0.4) is 0 Å². The lowest BCUT2D eigenvalue weighted by molar-refractivity contribution is 0.176. The van der Waals surface area contributed by atoms with Crippen LogP contribution in [0.25, 0.3) is 0 Å². The van der Waals surface area contributed by atoms with Crippen molar-refractivity contribution in [3.8, 4) is 0 Å². The van der Waals surface area contributed by atoms with Crippen LogP contribution in [0.1, 0.15) is 12.8 Å². The van der Waals surface area contributed by atoms with Gasteiger partial charge in [0.05, 0.1) is 10.6 Å². The fourth-order valence-corrected chi connectivity index (χ4v) is 4.49. The summed E-state index contributed by atoms with van der Waals surface area (Å²) >= 11 is 4.01. The van der Waals surface area contributed by atoms with E-state index >= 15 is 0 Å². The Kier molecular flexibility index (Phi) is 3.27. The molecule has 0 aromatic rings. The molecule has 0 aromatic carbocycles. The first-order valence-electron chi connectivity index (χ1n) is 4.51. The van der Waals surface area contributed by atoms with Gasteiger partial charge in [-0.15, -0.1) is 23.5 Å².